The summed E-state index contributed by atoms with van der Waals surface area (Å²) in [5.74, 6) is 4.51. The minimum Gasteiger partial charge on any atom is -0.339 e. The molecule has 114 valence electrons. The Labute approximate surface area is 131 Å². The van der Waals surface area contributed by atoms with Crippen molar-refractivity contribution in [2.24, 2.45) is 23.2 Å². The van der Waals surface area contributed by atoms with Gasteiger partial charge in [-0.1, -0.05) is 35.5 Å². The van der Waals surface area contributed by atoms with Crippen LogP contribution in [0.2, 0.25) is 0 Å². The molecule has 0 aliphatic heterocycles. The number of hydrogen-bond acceptors (Lipinski definition) is 3. The topological polar surface area (TPSA) is 38.9 Å². The normalized spacial score (nSPS) is 35.9. The van der Waals surface area contributed by atoms with E-state index in [0.717, 1.165) is 41.5 Å². The fourth-order valence-corrected chi connectivity index (χ4v) is 5.86. The first-order valence-electron chi connectivity index (χ1n) is 8.66. The molecular weight excluding hydrogens is 272 g/mol. The van der Waals surface area contributed by atoms with E-state index in [2.05, 4.69) is 10.1 Å². The number of benzene rings is 1. The molecule has 4 saturated carbocycles. The molecule has 3 heteroatoms. The summed E-state index contributed by atoms with van der Waals surface area (Å²) in [7, 11) is 0. The predicted octanol–water partition coefficient (Wildman–Crippen LogP) is 4.50. The molecule has 0 N–H and O–H groups in total. The molecule has 0 unspecified atom stereocenters. The monoisotopic (exact) mass is 294 g/mol. The molecule has 0 radical (unpaired) electrons. The van der Waals surface area contributed by atoms with Gasteiger partial charge in [-0.2, -0.15) is 4.98 Å². The van der Waals surface area contributed by atoms with Crippen LogP contribution in [-0.2, 0) is 6.42 Å². The molecule has 4 aliphatic carbocycles. The second-order valence-electron chi connectivity index (χ2n) is 7.97. The van der Waals surface area contributed by atoms with Crippen LogP contribution in [0.25, 0.3) is 11.4 Å². The average molecular weight is 294 g/mol. The van der Waals surface area contributed by atoms with Crippen LogP contribution < -0.4 is 0 Å². The number of rotatable bonds is 3. The van der Waals surface area contributed by atoms with Crippen molar-refractivity contribution in [3.8, 4) is 11.4 Å². The third kappa shape index (κ3) is 2.10. The minimum absolute atomic E-state index is 0.468. The van der Waals surface area contributed by atoms with Crippen molar-refractivity contribution in [3.63, 3.8) is 0 Å². The van der Waals surface area contributed by atoms with Crippen LogP contribution in [0.1, 0.15) is 44.4 Å². The maximum Gasteiger partial charge on any atom is 0.227 e. The Bertz CT molecular complexity index is 640. The van der Waals surface area contributed by atoms with Crippen molar-refractivity contribution in [3.05, 3.63) is 36.2 Å². The van der Waals surface area contributed by atoms with Crippen LogP contribution in [0.5, 0.6) is 0 Å². The lowest BCUT2D eigenvalue weighted by atomic mass is 9.49. The zero-order valence-corrected chi connectivity index (χ0v) is 12.9. The van der Waals surface area contributed by atoms with Crippen molar-refractivity contribution >= 4 is 0 Å². The van der Waals surface area contributed by atoms with Gasteiger partial charge in [0.15, 0.2) is 0 Å². The Morgan fingerprint density at radius 3 is 2.23 bits per heavy atom. The second kappa shape index (κ2) is 4.68. The lowest BCUT2D eigenvalue weighted by Crippen LogP contribution is -2.47. The molecule has 0 saturated heterocycles. The molecule has 4 fully saturated rings. The third-order valence-electron chi connectivity index (χ3n) is 6.19. The van der Waals surface area contributed by atoms with Crippen LogP contribution in [0.3, 0.4) is 0 Å². The summed E-state index contributed by atoms with van der Waals surface area (Å²) in [4.78, 5) is 4.68. The van der Waals surface area contributed by atoms with Crippen molar-refractivity contribution in [1.82, 2.24) is 10.1 Å². The third-order valence-corrected chi connectivity index (χ3v) is 6.19. The molecule has 1 aromatic carbocycles. The Morgan fingerprint density at radius 1 is 0.955 bits per heavy atom. The van der Waals surface area contributed by atoms with E-state index in [1.165, 1.54) is 38.5 Å². The van der Waals surface area contributed by atoms with Crippen molar-refractivity contribution in [2.45, 2.75) is 44.9 Å². The highest BCUT2D eigenvalue weighted by atomic mass is 16.5. The van der Waals surface area contributed by atoms with Gasteiger partial charge in [0.05, 0.1) is 0 Å². The first-order chi connectivity index (χ1) is 10.8. The van der Waals surface area contributed by atoms with Crippen LogP contribution >= 0.6 is 0 Å². The molecule has 0 amide bonds. The molecule has 1 aromatic heterocycles. The van der Waals surface area contributed by atoms with Gasteiger partial charge >= 0.3 is 0 Å². The van der Waals surface area contributed by atoms with Gasteiger partial charge < -0.3 is 4.52 Å². The van der Waals surface area contributed by atoms with Crippen molar-refractivity contribution < 1.29 is 4.52 Å². The fourth-order valence-electron chi connectivity index (χ4n) is 5.86. The lowest BCUT2D eigenvalue weighted by Gasteiger charge is -2.56. The Hall–Kier alpha value is -1.64. The predicted molar refractivity (Wildman–Crippen MR) is 84.0 cm³/mol. The summed E-state index contributed by atoms with van der Waals surface area (Å²) in [5.41, 5.74) is 1.51. The van der Waals surface area contributed by atoms with Crippen LogP contribution in [-0.4, -0.2) is 10.1 Å². The van der Waals surface area contributed by atoms with E-state index in [0.29, 0.717) is 5.41 Å². The van der Waals surface area contributed by atoms with Gasteiger partial charge in [0, 0.05) is 12.0 Å². The van der Waals surface area contributed by atoms with Gasteiger partial charge in [0.1, 0.15) is 0 Å². The van der Waals surface area contributed by atoms with E-state index in [-0.39, 0.29) is 0 Å². The molecular formula is C19H22N2O. The molecule has 3 nitrogen and oxygen atoms in total. The summed E-state index contributed by atoms with van der Waals surface area (Å²) >= 11 is 0. The maximum atomic E-state index is 5.60. The minimum atomic E-state index is 0.468. The summed E-state index contributed by atoms with van der Waals surface area (Å²) in [6.07, 6.45) is 9.62. The zero-order chi connectivity index (χ0) is 14.6. The number of hydrogen-bond donors (Lipinski definition) is 0. The maximum absolute atomic E-state index is 5.60. The van der Waals surface area contributed by atoms with Crippen LogP contribution in [0, 0.1) is 23.2 Å². The summed E-state index contributed by atoms with van der Waals surface area (Å²) in [6, 6.07) is 10.1. The summed E-state index contributed by atoms with van der Waals surface area (Å²) in [6.45, 7) is 0. The van der Waals surface area contributed by atoms with Gasteiger partial charge in [-0.3, -0.25) is 0 Å². The zero-order valence-electron chi connectivity index (χ0n) is 12.9. The largest absolute Gasteiger partial charge is 0.339 e. The molecule has 0 spiro atoms. The van der Waals surface area contributed by atoms with Crippen LogP contribution in [0.15, 0.2) is 34.9 Å². The Kier molecular flexibility index (Phi) is 2.73. The molecule has 1 heterocycles. The second-order valence-corrected chi connectivity index (χ2v) is 7.97. The van der Waals surface area contributed by atoms with E-state index in [4.69, 9.17) is 4.52 Å². The van der Waals surface area contributed by atoms with E-state index >= 15 is 0 Å². The Balaban J connectivity index is 1.39. The fraction of sp³-hybridized carbons (Fsp3) is 0.579. The number of aromatic nitrogens is 2. The summed E-state index contributed by atoms with van der Waals surface area (Å²) in [5, 5.41) is 4.20. The molecule has 4 aliphatic rings. The van der Waals surface area contributed by atoms with Crippen molar-refractivity contribution in [2.75, 3.05) is 0 Å². The highest BCUT2D eigenvalue weighted by Crippen LogP contribution is 2.60. The Morgan fingerprint density at radius 2 is 1.59 bits per heavy atom. The SMILES string of the molecule is c1ccc(-c2noc(CC34CC5CC(CC(C5)C3)C4)n2)cc1. The van der Waals surface area contributed by atoms with Gasteiger partial charge in [-0.05, 0) is 61.7 Å². The molecule has 0 atom stereocenters. The molecule has 6 rings (SSSR count). The highest BCUT2D eigenvalue weighted by molar-refractivity contribution is 5.53. The first-order valence-corrected chi connectivity index (χ1v) is 8.66. The van der Waals surface area contributed by atoms with Gasteiger partial charge in [-0.15, -0.1) is 0 Å². The van der Waals surface area contributed by atoms with E-state index in [9.17, 15) is 0 Å². The van der Waals surface area contributed by atoms with Gasteiger partial charge in [0.2, 0.25) is 11.7 Å². The smallest absolute Gasteiger partial charge is 0.227 e. The molecule has 2 aromatic rings. The molecule has 4 bridgehead atoms. The highest BCUT2D eigenvalue weighted by Gasteiger charge is 2.51. The van der Waals surface area contributed by atoms with E-state index in [1.54, 1.807) is 0 Å². The first kappa shape index (κ1) is 12.9. The summed E-state index contributed by atoms with van der Waals surface area (Å²) < 4.78 is 5.60. The van der Waals surface area contributed by atoms with Gasteiger partial charge in [-0.25, -0.2) is 0 Å². The number of nitrogens with zero attached hydrogens (tertiary/aromatic N) is 2. The van der Waals surface area contributed by atoms with Crippen molar-refractivity contribution in [1.29, 1.82) is 0 Å². The van der Waals surface area contributed by atoms with Crippen LogP contribution in [0.4, 0.5) is 0 Å². The van der Waals surface area contributed by atoms with E-state index in [1.807, 2.05) is 30.3 Å². The molecule has 22 heavy (non-hydrogen) atoms. The quantitative estimate of drug-likeness (QED) is 0.837. The average Bonchev–Trinajstić information content (AvgIpc) is 2.94. The van der Waals surface area contributed by atoms with Gasteiger partial charge in [0.25, 0.3) is 0 Å². The lowest BCUT2D eigenvalue weighted by molar-refractivity contribution is -0.0556. The van der Waals surface area contributed by atoms with E-state index < -0.39 is 0 Å². The standard InChI is InChI=1S/C19H22N2O/c1-2-4-16(5-3-1)18-20-17(22-21-18)12-19-9-13-6-14(10-19)8-15(7-13)11-19/h1-5,13-15H,6-12H2.